The molecule has 1 heterocycles. The van der Waals surface area contributed by atoms with Gasteiger partial charge in [-0.05, 0) is 49.6 Å². The number of benzene rings is 1. The molecule has 0 saturated carbocycles. The maximum atomic E-state index is 13.9. The molecule has 1 aromatic carbocycles. The van der Waals surface area contributed by atoms with Crippen LogP contribution in [0.1, 0.15) is 23.2 Å². The van der Waals surface area contributed by atoms with E-state index in [1.54, 1.807) is 0 Å². The summed E-state index contributed by atoms with van der Waals surface area (Å²) < 4.78 is 13.9. The summed E-state index contributed by atoms with van der Waals surface area (Å²) in [6, 6.07) is 5.09. The summed E-state index contributed by atoms with van der Waals surface area (Å²) in [5, 5.41) is 9.39. The molecule has 0 bridgehead atoms. The minimum Gasteiger partial charge on any atom is -0.481 e. The summed E-state index contributed by atoms with van der Waals surface area (Å²) in [7, 11) is 0. The van der Waals surface area contributed by atoms with E-state index in [1.807, 2.05) is 26.0 Å². The third-order valence-corrected chi connectivity index (χ3v) is 2.89. The lowest BCUT2D eigenvalue weighted by atomic mass is 10.0. The lowest BCUT2D eigenvalue weighted by molar-refractivity contribution is -0.136. The number of carboxylic acids is 1. The highest BCUT2D eigenvalue weighted by molar-refractivity contribution is 5.83. The van der Waals surface area contributed by atoms with Gasteiger partial charge in [-0.15, -0.1) is 0 Å². The van der Waals surface area contributed by atoms with Crippen LogP contribution in [0, 0.1) is 19.7 Å². The van der Waals surface area contributed by atoms with Crippen LogP contribution in [0.2, 0.25) is 0 Å². The number of aryl methyl sites for hydroxylation is 3. The van der Waals surface area contributed by atoms with Crippen LogP contribution in [0.5, 0.6) is 0 Å². The van der Waals surface area contributed by atoms with Gasteiger partial charge < -0.3 is 5.11 Å². The van der Waals surface area contributed by atoms with Crippen molar-refractivity contribution in [3.63, 3.8) is 0 Å². The van der Waals surface area contributed by atoms with Gasteiger partial charge in [-0.25, -0.2) is 4.39 Å². The summed E-state index contributed by atoms with van der Waals surface area (Å²) in [5.74, 6) is -1.27. The predicted molar refractivity (Wildman–Crippen MR) is 67.1 cm³/mol. The van der Waals surface area contributed by atoms with Gasteiger partial charge in [0.05, 0.1) is 0 Å². The van der Waals surface area contributed by atoms with Crippen LogP contribution < -0.4 is 0 Å². The van der Waals surface area contributed by atoms with Crippen molar-refractivity contribution in [3.05, 3.63) is 40.8 Å². The van der Waals surface area contributed by atoms with E-state index in [2.05, 4.69) is 4.98 Å². The highest BCUT2D eigenvalue weighted by Crippen LogP contribution is 2.23. The van der Waals surface area contributed by atoms with Gasteiger partial charge in [0, 0.05) is 17.5 Å². The van der Waals surface area contributed by atoms with E-state index in [-0.39, 0.29) is 12.2 Å². The highest BCUT2D eigenvalue weighted by atomic mass is 19.1. The zero-order valence-corrected chi connectivity index (χ0v) is 10.3. The number of carboxylic acid groups (broad SMARTS) is 1. The number of hydrogen-bond acceptors (Lipinski definition) is 2. The highest BCUT2D eigenvalue weighted by Gasteiger charge is 2.09. The van der Waals surface area contributed by atoms with Crippen molar-refractivity contribution in [2.75, 3.05) is 0 Å². The molecule has 2 aromatic rings. The maximum absolute atomic E-state index is 13.9. The van der Waals surface area contributed by atoms with E-state index < -0.39 is 5.97 Å². The Morgan fingerprint density at radius 1 is 1.33 bits per heavy atom. The third-order valence-electron chi connectivity index (χ3n) is 2.89. The molecule has 0 fully saturated rings. The molecule has 1 N–H and O–H groups in total. The van der Waals surface area contributed by atoms with Gasteiger partial charge in [-0.1, -0.05) is 0 Å². The van der Waals surface area contributed by atoms with Gasteiger partial charge >= 0.3 is 5.97 Å². The molecule has 94 valence electrons. The van der Waals surface area contributed by atoms with Crippen LogP contribution in [0.25, 0.3) is 10.9 Å². The Morgan fingerprint density at radius 2 is 2.06 bits per heavy atom. The number of halogens is 1. The second-order valence-electron chi connectivity index (χ2n) is 4.45. The van der Waals surface area contributed by atoms with Gasteiger partial charge in [-0.3, -0.25) is 9.78 Å². The maximum Gasteiger partial charge on any atom is 0.303 e. The molecule has 3 nitrogen and oxygen atoms in total. The van der Waals surface area contributed by atoms with Gasteiger partial charge in [-0.2, -0.15) is 0 Å². The fourth-order valence-corrected chi connectivity index (χ4v) is 2.06. The molecule has 0 radical (unpaired) electrons. The summed E-state index contributed by atoms with van der Waals surface area (Å²) in [6.45, 7) is 3.72. The SMILES string of the molecule is Cc1cc(C)c2cc(CCC(=O)O)cc(F)c2n1. The van der Waals surface area contributed by atoms with Crippen molar-refractivity contribution in [2.24, 2.45) is 0 Å². The molecule has 0 aliphatic heterocycles. The number of rotatable bonds is 3. The van der Waals surface area contributed by atoms with Crippen LogP contribution in [0.4, 0.5) is 4.39 Å². The number of carbonyl (C=O) groups is 1. The van der Waals surface area contributed by atoms with E-state index in [0.29, 0.717) is 17.5 Å². The normalized spacial score (nSPS) is 10.8. The Balaban J connectivity index is 2.51. The topological polar surface area (TPSA) is 50.2 Å². The first kappa shape index (κ1) is 12.5. The zero-order chi connectivity index (χ0) is 13.3. The Morgan fingerprint density at radius 3 is 2.72 bits per heavy atom. The van der Waals surface area contributed by atoms with Crippen molar-refractivity contribution in [2.45, 2.75) is 26.7 Å². The minimum absolute atomic E-state index is 0.00326. The quantitative estimate of drug-likeness (QED) is 0.907. The molecule has 18 heavy (non-hydrogen) atoms. The Labute approximate surface area is 104 Å². The fraction of sp³-hybridized carbons (Fsp3) is 0.286. The van der Waals surface area contributed by atoms with Gasteiger partial charge in [0.15, 0.2) is 0 Å². The van der Waals surface area contributed by atoms with Crippen molar-refractivity contribution in [1.82, 2.24) is 4.98 Å². The average Bonchev–Trinajstić information content (AvgIpc) is 2.28. The van der Waals surface area contributed by atoms with E-state index >= 15 is 0 Å². The Bertz CT molecular complexity index is 623. The number of pyridine rings is 1. The lowest BCUT2D eigenvalue weighted by Crippen LogP contribution is -1.99. The third kappa shape index (κ3) is 2.47. The number of fused-ring (bicyclic) bond motifs is 1. The molecule has 0 atom stereocenters. The number of hydrogen-bond donors (Lipinski definition) is 1. The summed E-state index contributed by atoms with van der Waals surface area (Å²) in [4.78, 5) is 14.7. The molecule has 0 spiro atoms. The number of aromatic nitrogens is 1. The molecular weight excluding hydrogens is 233 g/mol. The van der Waals surface area contributed by atoms with Crippen molar-refractivity contribution in [3.8, 4) is 0 Å². The van der Waals surface area contributed by atoms with E-state index in [4.69, 9.17) is 5.11 Å². The van der Waals surface area contributed by atoms with Crippen molar-refractivity contribution < 1.29 is 14.3 Å². The molecule has 0 aliphatic rings. The van der Waals surface area contributed by atoms with Crippen LogP contribution in [0.3, 0.4) is 0 Å². The minimum atomic E-state index is -0.880. The van der Waals surface area contributed by atoms with Crippen LogP contribution in [-0.4, -0.2) is 16.1 Å². The summed E-state index contributed by atoms with van der Waals surface area (Å²) in [5.41, 5.74) is 2.77. The largest absolute Gasteiger partial charge is 0.481 e. The van der Waals surface area contributed by atoms with E-state index in [0.717, 1.165) is 16.6 Å². The fourth-order valence-electron chi connectivity index (χ4n) is 2.06. The first-order valence-corrected chi connectivity index (χ1v) is 5.75. The molecule has 0 aliphatic carbocycles. The zero-order valence-electron chi connectivity index (χ0n) is 10.3. The molecule has 0 amide bonds. The first-order chi connectivity index (χ1) is 8.47. The Kier molecular flexibility index (Phi) is 3.28. The molecule has 4 heteroatoms. The number of nitrogens with zero attached hydrogens (tertiary/aromatic N) is 1. The summed E-state index contributed by atoms with van der Waals surface area (Å²) >= 11 is 0. The van der Waals surface area contributed by atoms with Gasteiger partial charge in [0.2, 0.25) is 0 Å². The average molecular weight is 247 g/mol. The summed E-state index contributed by atoms with van der Waals surface area (Å²) in [6.07, 6.45) is 0.332. The van der Waals surface area contributed by atoms with Crippen molar-refractivity contribution >= 4 is 16.9 Å². The predicted octanol–water partition coefficient (Wildman–Crippen LogP) is 3.01. The molecule has 0 unspecified atom stereocenters. The van der Waals surface area contributed by atoms with E-state index in [1.165, 1.54) is 6.07 Å². The number of aliphatic carboxylic acids is 1. The molecule has 2 rings (SSSR count). The first-order valence-electron chi connectivity index (χ1n) is 5.75. The second kappa shape index (κ2) is 4.72. The van der Waals surface area contributed by atoms with E-state index in [9.17, 15) is 9.18 Å². The molecular formula is C14H14FNO2. The van der Waals surface area contributed by atoms with Gasteiger partial charge in [0.25, 0.3) is 0 Å². The monoisotopic (exact) mass is 247 g/mol. The molecule has 1 aromatic heterocycles. The van der Waals surface area contributed by atoms with Crippen LogP contribution in [-0.2, 0) is 11.2 Å². The van der Waals surface area contributed by atoms with Crippen molar-refractivity contribution in [1.29, 1.82) is 0 Å². The smallest absolute Gasteiger partial charge is 0.303 e. The lowest BCUT2D eigenvalue weighted by Gasteiger charge is -2.07. The standard InChI is InChI=1S/C14H14FNO2/c1-8-5-9(2)16-14-11(8)6-10(7-12(14)15)3-4-13(17)18/h5-7H,3-4H2,1-2H3,(H,17,18). The Hall–Kier alpha value is -1.97. The van der Waals surface area contributed by atoms with Gasteiger partial charge in [0.1, 0.15) is 11.3 Å². The van der Waals surface area contributed by atoms with Crippen LogP contribution in [0.15, 0.2) is 18.2 Å². The van der Waals surface area contributed by atoms with Crippen LogP contribution >= 0.6 is 0 Å². The second-order valence-corrected chi connectivity index (χ2v) is 4.45. The molecule has 0 saturated heterocycles.